The number of nitrogens with two attached hydrogens (primary N) is 1. The SMILES string of the molecule is COc1ccccc1C(CN)c1cc(C(C)(C)C)n[nH]1. The number of nitrogens with zero attached hydrogens (tertiary/aromatic N) is 1. The number of benzene rings is 1. The summed E-state index contributed by atoms with van der Waals surface area (Å²) in [5.74, 6) is 0.921. The van der Waals surface area contributed by atoms with E-state index in [4.69, 9.17) is 10.5 Å². The van der Waals surface area contributed by atoms with Gasteiger partial charge in [0, 0.05) is 29.1 Å². The highest BCUT2D eigenvalue weighted by atomic mass is 16.5. The van der Waals surface area contributed by atoms with Crippen molar-refractivity contribution in [3.63, 3.8) is 0 Å². The molecule has 0 aliphatic carbocycles. The first-order valence-corrected chi connectivity index (χ1v) is 6.86. The van der Waals surface area contributed by atoms with Crippen LogP contribution in [0.4, 0.5) is 0 Å². The van der Waals surface area contributed by atoms with Crippen LogP contribution in [0.2, 0.25) is 0 Å². The number of ether oxygens (including phenoxy) is 1. The van der Waals surface area contributed by atoms with Gasteiger partial charge in [-0.25, -0.2) is 0 Å². The van der Waals surface area contributed by atoms with E-state index in [1.165, 1.54) is 0 Å². The van der Waals surface area contributed by atoms with Crippen molar-refractivity contribution in [2.24, 2.45) is 5.73 Å². The number of H-pyrrole nitrogens is 1. The molecule has 0 fully saturated rings. The summed E-state index contributed by atoms with van der Waals surface area (Å²) in [6, 6.07) is 10.1. The normalized spacial score (nSPS) is 13.2. The predicted octanol–water partition coefficient (Wildman–Crippen LogP) is 2.81. The van der Waals surface area contributed by atoms with Crippen molar-refractivity contribution in [3.05, 3.63) is 47.3 Å². The van der Waals surface area contributed by atoms with E-state index in [1.54, 1.807) is 7.11 Å². The van der Waals surface area contributed by atoms with Gasteiger partial charge in [-0.1, -0.05) is 39.0 Å². The molecule has 0 aliphatic rings. The summed E-state index contributed by atoms with van der Waals surface area (Å²) in [4.78, 5) is 0. The highest BCUT2D eigenvalue weighted by Gasteiger charge is 2.22. The standard InChI is InChI=1S/C16H23N3O/c1-16(2,3)15-9-13(18-19-15)12(10-17)11-7-5-6-8-14(11)20-4/h5-9,12H,10,17H2,1-4H3,(H,18,19). The largest absolute Gasteiger partial charge is 0.496 e. The second-order valence-electron chi connectivity index (χ2n) is 5.99. The first kappa shape index (κ1) is 14.6. The van der Waals surface area contributed by atoms with Crippen LogP contribution in [0, 0.1) is 0 Å². The molecule has 0 bridgehead atoms. The molecule has 4 nitrogen and oxygen atoms in total. The summed E-state index contributed by atoms with van der Waals surface area (Å²) in [5, 5.41) is 7.54. The van der Waals surface area contributed by atoms with Crippen molar-refractivity contribution in [3.8, 4) is 5.75 Å². The van der Waals surface area contributed by atoms with E-state index in [1.807, 2.05) is 24.3 Å². The molecule has 0 amide bonds. The monoisotopic (exact) mass is 273 g/mol. The maximum absolute atomic E-state index is 5.98. The molecular weight excluding hydrogens is 250 g/mol. The van der Waals surface area contributed by atoms with Crippen LogP contribution >= 0.6 is 0 Å². The molecule has 0 radical (unpaired) electrons. The Bertz CT molecular complexity index is 569. The second kappa shape index (κ2) is 5.67. The van der Waals surface area contributed by atoms with Crippen molar-refractivity contribution in [2.45, 2.75) is 32.1 Å². The maximum Gasteiger partial charge on any atom is 0.122 e. The fourth-order valence-corrected chi connectivity index (χ4v) is 2.28. The van der Waals surface area contributed by atoms with E-state index >= 15 is 0 Å². The van der Waals surface area contributed by atoms with Crippen LogP contribution < -0.4 is 10.5 Å². The third-order valence-electron chi connectivity index (χ3n) is 3.49. The predicted molar refractivity (Wildman–Crippen MR) is 81.2 cm³/mol. The molecule has 3 N–H and O–H groups in total. The molecule has 1 aromatic heterocycles. The lowest BCUT2D eigenvalue weighted by molar-refractivity contribution is 0.407. The summed E-state index contributed by atoms with van der Waals surface area (Å²) in [6.45, 7) is 6.95. The van der Waals surface area contributed by atoms with Crippen molar-refractivity contribution in [2.75, 3.05) is 13.7 Å². The highest BCUT2D eigenvalue weighted by molar-refractivity contribution is 5.41. The molecule has 0 saturated carbocycles. The van der Waals surface area contributed by atoms with Crippen LogP contribution in [-0.4, -0.2) is 23.9 Å². The van der Waals surface area contributed by atoms with Crippen molar-refractivity contribution in [1.82, 2.24) is 10.2 Å². The molecular formula is C16H23N3O. The van der Waals surface area contributed by atoms with Gasteiger partial charge < -0.3 is 10.5 Å². The van der Waals surface area contributed by atoms with E-state index in [9.17, 15) is 0 Å². The summed E-state index contributed by atoms with van der Waals surface area (Å²) in [5.41, 5.74) is 9.15. The molecule has 1 unspecified atom stereocenters. The van der Waals surface area contributed by atoms with E-state index < -0.39 is 0 Å². The van der Waals surface area contributed by atoms with Gasteiger partial charge in [0.1, 0.15) is 5.75 Å². The van der Waals surface area contributed by atoms with E-state index in [2.05, 4.69) is 37.0 Å². The van der Waals surface area contributed by atoms with Gasteiger partial charge in [0.05, 0.1) is 12.8 Å². The number of para-hydroxylation sites is 1. The lowest BCUT2D eigenvalue weighted by atomic mass is 9.89. The Labute approximate surface area is 120 Å². The van der Waals surface area contributed by atoms with Crippen LogP contribution in [-0.2, 0) is 5.41 Å². The third kappa shape index (κ3) is 2.85. The molecule has 1 atom stereocenters. The first-order valence-electron chi connectivity index (χ1n) is 6.86. The van der Waals surface area contributed by atoms with Gasteiger partial charge in [0.25, 0.3) is 0 Å². The Hall–Kier alpha value is -1.81. The first-order chi connectivity index (χ1) is 9.47. The zero-order valence-electron chi connectivity index (χ0n) is 12.6. The van der Waals surface area contributed by atoms with Crippen LogP contribution in [0.3, 0.4) is 0 Å². The van der Waals surface area contributed by atoms with Gasteiger partial charge in [0.2, 0.25) is 0 Å². The number of nitrogens with one attached hydrogen (secondary N) is 1. The smallest absolute Gasteiger partial charge is 0.122 e. The van der Waals surface area contributed by atoms with Crippen LogP contribution in [0.1, 0.15) is 43.6 Å². The van der Waals surface area contributed by atoms with Crippen LogP contribution in [0.15, 0.2) is 30.3 Å². The lowest BCUT2D eigenvalue weighted by Gasteiger charge is -2.17. The van der Waals surface area contributed by atoms with Crippen molar-refractivity contribution in [1.29, 1.82) is 0 Å². The Balaban J connectivity index is 2.40. The molecule has 20 heavy (non-hydrogen) atoms. The van der Waals surface area contributed by atoms with Crippen LogP contribution in [0.5, 0.6) is 5.75 Å². The Morgan fingerprint density at radius 3 is 2.55 bits per heavy atom. The summed E-state index contributed by atoms with van der Waals surface area (Å²) in [7, 11) is 1.68. The zero-order valence-corrected chi connectivity index (χ0v) is 12.6. The fourth-order valence-electron chi connectivity index (χ4n) is 2.28. The second-order valence-corrected chi connectivity index (χ2v) is 5.99. The molecule has 0 saturated heterocycles. The molecule has 1 aromatic carbocycles. The van der Waals surface area contributed by atoms with Gasteiger partial charge in [-0.2, -0.15) is 5.10 Å². The minimum atomic E-state index is 0.0225. The van der Waals surface area contributed by atoms with E-state index in [0.717, 1.165) is 22.7 Å². The Morgan fingerprint density at radius 2 is 2.00 bits per heavy atom. The van der Waals surface area contributed by atoms with Gasteiger partial charge in [-0.3, -0.25) is 5.10 Å². The van der Waals surface area contributed by atoms with E-state index in [-0.39, 0.29) is 11.3 Å². The molecule has 108 valence electrons. The zero-order chi connectivity index (χ0) is 14.8. The number of rotatable bonds is 4. The molecule has 0 aliphatic heterocycles. The van der Waals surface area contributed by atoms with Crippen molar-refractivity contribution >= 4 is 0 Å². The number of methoxy groups -OCH3 is 1. The average Bonchev–Trinajstić information content (AvgIpc) is 2.90. The maximum atomic E-state index is 5.98. The minimum absolute atomic E-state index is 0.0225. The summed E-state index contributed by atoms with van der Waals surface area (Å²) in [6.07, 6.45) is 0. The summed E-state index contributed by atoms with van der Waals surface area (Å²) < 4.78 is 5.43. The number of aromatic nitrogens is 2. The minimum Gasteiger partial charge on any atom is -0.496 e. The number of hydrogen-bond donors (Lipinski definition) is 2. The average molecular weight is 273 g/mol. The van der Waals surface area contributed by atoms with Crippen molar-refractivity contribution < 1.29 is 4.74 Å². The number of hydrogen-bond acceptors (Lipinski definition) is 3. The molecule has 1 heterocycles. The lowest BCUT2D eigenvalue weighted by Crippen LogP contribution is -2.15. The van der Waals surface area contributed by atoms with Gasteiger partial charge in [-0.05, 0) is 12.1 Å². The topological polar surface area (TPSA) is 63.9 Å². The Morgan fingerprint density at radius 1 is 1.30 bits per heavy atom. The quantitative estimate of drug-likeness (QED) is 0.900. The van der Waals surface area contributed by atoms with Gasteiger partial charge in [-0.15, -0.1) is 0 Å². The van der Waals surface area contributed by atoms with Crippen LogP contribution in [0.25, 0.3) is 0 Å². The summed E-state index contributed by atoms with van der Waals surface area (Å²) >= 11 is 0. The highest BCUT2D eigenvalue weighted by Crippen LogP contribution is 2.31. The molecule has 2 rings (SSSR count). The molecule has 4 heteroatoms. The Kier molecular flexibility index (Phi) is 4.14. The van der Waals surface area contributed by atoms with Gasteiger partial charge >= 0.3 is 0 Å². The fraction of sp³-hybridized carbons (Fsp3) is 0.438. The molecule has 0 spiro atoms. The van der Waals surface area contributed by atoms with E-state index in [0.29, 0.717) is 6.54 Å². The number of aromatic amines is 1. The molecule has 2 aromatic rings. The van der Waals surface area contributed by atoms with Gasteiger partial charge in [0.15, 0.2) is 0 Å². The third-order valence-corrected chi connectivity index (χ3v) is 3.49.